The van der Waals surface area contributed by atoms with Gasteiger partial charge in [0.25, 0.3) is 5.91 Å². The summed E-state index contributed by atoms with van der Waals surface area (Å²) < 4.78 is 10.3. The van der Waals surface area contributed by atoms with Crippen LogP contribution >= 0.6 is 11.8 Å². The van der Waals surface area contributed by atoms with Gasteiger partial charge in [0.15, 0.2) is 5.16 Å². The molecule has 1 heterocycles. The third-order valence-corrected chi connectivity index (χ3v) is 5.41. The second-order valence-electron chi connectivity index (χ2n) is 6.59. The quantitative estimate of drug-likeness (QED) is 0.367. The second-order valence-corrected chi connectivity index (χ2v) is 7.55. The van der Waals surface area contributed by atoms with Crippen molar-refractivity contribution < 1.29 is 19.1 Å². The molecule has 1 atom stereocenters. The first-order valence-electron chi connectivity index (χ1n) is 9.76. The summed E-state index contributed by atoms with van der Waals surface area (Å²) in [5.41, 5.74) is 2.32. The van der Waals surface area contributed by atoms with Gasteiger partial charge >= 0.3 is 5.97 Å². The Hall–Kier alpha value is -3.33. The Morgan fingerprint density at radius 3 is 2.68 bits per heavy atom. The van der Waals surface area contributed by atoms with Crippen LogP contribution in [0.2, 0.25) is 0 Å². The van der Waals surface area contributed by atoms with Crippen molar-refractivity contribution in [3.05, 3.63) is 71.5 Å². The van der Waals surface area contributed by atoms with Gasteiger partial charge in [0.1, 0.15) is 12.1 Å². The van der Waals surface area contributed by atoms with Gasteiger partial charge in [0.05, 0.1) is 26.2 Å². The van der Waals surface area contributed by atoms with Crippen molar-refractivity contribution >= 4 is 23.6 Å². The molecule has 1 unspecified atom stereocenters. The predicted molar refractivity (Wildman–Crippen MR) is 117 cm³/mol. The third kappa shape index (κ3) is 6.58. The number of aromatic amines is 1. The van der Waals surface area contributed by atoms with Gasteiger partial charge in [-0.15, -0.1) is 0 Å². The number of carbonyl (C=O) groups is 2. The summed E-state index contributed by atoms with van der Waals surface area (Å²) in [5, 5.41) is 10.3. The summed E-state index contributed by atoms with van der Waals surface area (Å²) >= 11 is 1.52. The number of nitrogens with one attached hydrogen (secondary N) is 2. The van der Waals surface area contributed by atoms with Gasteiger partial charge < -0.3 is 14.8 Å². The number of hydrogen-bond donors (Lipinski definition) is 2. The number of esters is 1. The van der Waals surface area contributed by atoms with E-state index < -0.39 is 6.04 Å². The number of hydrogen-bond acceptors (Lipinski definition) is 7. The van der Waals surface area contributed by atoms with Crippen molar-refractivity contribution in [2.24, 2.45) is 0 Å². The molecule has 0 saturated carbocycles. The standard InChI is InChI=1S/C22H24N4O4S/c1-3-30-20(27)12-19(17-5-4-6-18(11-17)29-2)25-21(28)16-9-7-15(8-10-16)13-31-22-23-14-24-26-22/h4-11,14,19H,3,12-13H2,1-2H3,(H,25,28)(H,23,24,26). The number of aromatic nitrogens is 3. The maximum atomic E-state index is 12.9. The van der Waals surface area contributed by atoms with Crippen LogP contribution in [0.25, 0.3) is 0 Å². The van der Waals surface area contributed by atoms with Gasteiger partial charge in [0.2, 0.25) is 0 Å². The van der Waals surface area contributed by atoms with E-state index in [1.54, 1.807) is 32.2 Å². The minimum Gasteiger partial charge on any atom is -0.497 e. The van der Waals surface area contributed by atoms with Crippen molar-refractivity contribution in [3.63, 3.8) is 0 Å². The molecule has 2 aromatic carbocycles. The normalized spacial score (nSPS) is 11.5. The molecule has 1 amide bonds. The van der Waals surface area contributed by atoms with E-state index in [-0.39, 0.29) is 24.9 Å². The zero-order chi connectivity index (χ0) is 22.1. The maximum Gasteiger partial charge on any atom is 0.308 e. The number of ether oxygens (including phenoxy) is 2. The molecule has 0 aliphatic heterocycles. The van der Waals surface area contributed by atoms with Crippen LogP contribution in [0.4, 0.5) is 0 Å². The van der Waals surface area contributed by atoms with E-state index in [1.165, 1.54) is 18.1 Å². The first-order valence-corrected chi connectivity index (χ1v) is 10.7. The molecule has 2 N–H and O–H groups in total. The van der Waals surface area contributed by atoms with Crippen LogP contribution in [-0.2, 0) is 15.3 Å². The molecule has 3 aromatic rings. The smallest absolute Gasteiger partial charge is 0.308 e. The number of benzene rings is 2. The number of rotatable bonds is 10. The molecule has 9 heteroatoms. The third-order valence-electron chi connectivity index (χ3n) is 4.46. The van der Waals surface area contributed by atoms with Crippen molar-refractivity contribution in [2.45, 2.75) is 30.3 Å². The molecular formula is C22H24N4O4S. The Morgan fingerprint density at radius 1 is 1.19 bits per heavy atom. The molecule has 3 rings (SSSR count). The second kappa shape index (κ2) is 11.2. The summed E-state index contributed by atoms with van der Waals surface area (Å²) in [6.07, 6.45) is 1.49. The summed E-state index contributed by atoms with van der Waals surface area (Å²) in [7, 11) is 1.57. The number of amides is 1. The predicted octanol–water partition coefficient (Wildman–Crippen LogP) is 3.53. The molecule has 0 aliphatic rings. The fraction of sp³-hybridized carbons (Fsp3) is 0.273. The highest BCUT2D eigenvalue weighted by Crippen LogP contribution is 2.23. The molecule has 8 nitrogen and oxygen atoms in total. The average Bonchev–Trinajstić information content (AvgIpc) is 3.31. The average molecular weight is 441 g/mol. The van der Waals surface area contributed by atoms with Crippen LogP contribution < -0.4 is 10.1 Å². The number of thioether (sulfide) groups is 1. The molecule has 0 radical (unpaired) electrons. The lowest BCUT2D eigenvalue weighted by Crippen LogP contribution is -2.30. The number of methoxy groups -OCH3 is 1. The topological polar surface area (TPSA) is 106 Å². The van der Waals surface area contributed by atoms with Crippen LogP contribution in [0.15, 0.2) is 60.0 Å². The largest absolute Gasteiger partial charge is 0.497 e. The summed E-state index contributed by atoms with van der Waals surface area (Å²) in [5.74, 6) is 0.697. The number of carbonyl (C=O) groups excluding carboxylic acids is 2. The summed E-state index contributed by atoms with van der Waals surface area (Å²) in [6, 6.07) is 14.0. The van der Waals surface area contributed by atoms with Gasteiger partial charge in [-0.3, -0.25) is 14.7 Å². The lowest BCUT2D eigenvalue weighted by molar-refractivity contribution is -0.143. The van der Waals surface area contributed by atoms with E-state index in [2.05, 4.69) is 20.5 Å². The Bertz CT molecular complexity index is 993. The highest BCUT2D eigenvalue weighted by molar-refractivity contribution is 7.98. The van der Waals surface area contributed by atoms with E-state index in [4.69, 9.17) is 9.47 Å². The molecule has 0 aliphatic carbocycles. The van der Waals surface area contributed by atoms with Gasteiger partial charge in [0, 0.05) is 11.3 Å². The molecule has 0 fully saturated rings. The minimum atomic E-state index is -0.539. The Kier molecular flexibility index (Phi) is 8.05. The monoisotopic (exact) mass is 440 g/mol. The van der Waals surface area contributed by atoms with E-state index >= 15 is 0 Å². The van der Waals surface area contributed by atoms with E-state index in [1.807, 2.05) is 30.3 Å². The SMILES string of the molecule is CCOC(=O)CC(NC(=O)c1ccc(CSc2ncn[nH]2)cc1)c1cccc(OC)c1. The van der Waals surface area contributed by atoms with Crippen LogP contribution in [0.1, 0.15) is 40.9 Å². The van der Waals surface area contributed by atoms with Crippen LogP contribution in [0.3, 0.4) is 0 Å². The molecule has 162 valence electrons. The highest BCUT2D eigenvalue weighted by Gasteiger charge is 2.20. The van der Waals surface area contributed by atoms with Crippen molar-refractivity contribution in [2.75, 3.05) is 13.7 Å². The lowest BCUT2D eigenvalue weighted by Gasteiger charge is -2.19. The Balaban J connectivity index is 1.69. The molecule has 1 aromatic heterocycles. The lowest BCUT2D eigenvalue weighted by atomic mass is 10.0. The minimum absolute atomic E-state index is 0.0264. The van der Waals surface area contributed by atoms with Crippen LogP contribution in [0, 0.1) is 0 Å². The van der Waals surface area contributed by atoms with Gasteiger partial charge in [-0.1, -0.05) is 36.0 Å². The van der Waals surface area contributed by atoms with Crippen LogP contribution in [0.5, 0.6) is 5.75 Å². The Morgan fingerprint density at radius 2 is 2.00 bits per heavy atom. The zero-order valence-corrected chi connectivity index (χ0v) is 18.1. The van der Waals surface area contributed by atoms with Crippen molar-refractivity contribution in [3.8, 4) is 5.75 Å². The first-order chi connectivity index (χ1) is 15.1. The van der Waals surface area contributed by atoms with E-state index in [9.17, 15) is 9.59 Å². The first kappa shape index (κ1) is 22.4. The number of nitrogens with zero attached hydrogens (tertiary/aromatic N) is 2. The summed E-state index contributed by atoms with van der Waals surface area (Å²) in [6.45, 7) is 2.03. The Labute approximate surface area is 184 Å². The molecule has 31 heavy (non-hydrogen) atoms. The fourth-order valence-corrected chi connectivity index (χ4v) is 3.64. The fourth-order valence-electron chi connectivity index (χ4n) is 2.91. The summed E-state index contributed by atoms with van der Waals surface area (Å²) in [4.78, 5) is 29.0. The van der Waals surface area contributed by atoms with E-state index in [0.29, 0.717) is 17.1 Å². The van der Waals surface area contributed by atoms with Crippen molar-refractivity contribution in [1.29, 1.82) is 0 Å². The molecule has 0 bridgehead atoms. The molecule has 0 saturated heterocycles. The number of H-pyrrole nitrogens is 1. The zero-order valence-electron chi connectivity index (χ0n) is 17.3. The maximum absolute atomic E-state index is 12.9. The van der Waals surface area contributed by atoms with Crippen molar-refractivity contribution in [1.82, 2.24) is 20.5 Å². The van der Waals surface area contributed by atoms with Gasteiger partial charge in [-0.2, -0.15) is 5.10 Å². The molecule has 0 spiro atoms. The van der Waals surface area contributed by atoms with Gasteiger partial charge in [-0.05, 0) is 42.3 Å². The van der Waals surface area contributed by atoms with E-state index in [0.717, 1.165) is 16.3 Å². The van der Waals surface area contributed by atoms with Gasteiger partial charge in [-0.25, -0.2) is 4.98 Å². The molecular weight excluding hydrogens is 416 g/mol. The highest BCUT2D eigenvalue weighted by atomic mass is 32.2. The van der Waals surface area contributed by atoms with Crippen LogP contribution in [-0.4, -0.2) is 40.8 Å².